The second kappa shape index (κ2) is 11.6. The van der Waals surface area contributed by atoms with E-state index in [-0.39, 0.29) is 18.5 Å². The number of imidazole rings is 1. The van der Waals surface area contributed by atoms with E-state index >= 15 is 4.39 Å². The lowest BCUT2D eigenvalue weighted by Crippen LogP contribution is -2.35. The van der Waals surface area contributed by atoms with Gasteiger partial charge in [-0.15, -0.1) is 0 Å². The van der Waals surface area contributed by atoms with E-state index in [1.807, 2.05) is 0 Å². The van der Waals surface area contributed by atoms with E-state index in [4.69, 9.17) is 57.1 Å². The van der Waals surface area contributed by atoms with E-state index in [1.54, 1.807) is 29.0 Å². The molecular weight excluding hydrogens is 661 g/mol. The average molecular weight is 689 g/mol. The second-order valence-electron chi connectivity index (χ2n) is 10.5. The Hall–Kier alpha value is -2.18. The van der Waals surface area contributed by atoms with Gasteiger partial charge in [0, 0.05) is 36.1 Å². The van der Waals surface area contributed by atoms with Crippen molar-refractivity contribution in [2.45, 2.75) is 49.5 Å². The van der Waals surface area contributed by atoms with Crippen LogP contribution in [0, 0.1) is 0 Å². The molecule has 3 fully saturated rings. The molecule has 0 radical (unpaired) electrons. The fraction of sp³-hybridized carbons (Fsp3) is 0.458. The smallest absolute Gasteiger partial charge is 0.325 e. The Bertz CT molecular complexity index is 1870. The quantitative estimate of drug-likeness (QED) is 0.224. The van der Waals surface area contributed by atoms with Crippen LogP contribution in [0.1, 0.15) is 18.9 Å². The summed E-state index contributed by atoms with van der Waals surface area (Å²) in [6.45, 7) is -8.14. The Morgan fingerprint density at radius 1 is 1.07 bits per heavy atom. The van der Waals surface area contributed by atoms with E-state index < -0.39 is 74.8 Å². The van der Waals surface area contributed by atoms with Gasteiger partial charge in [-0.3, -0.25) is 4.79 Å². The lowest BCUT2D eigenvalue weighted by Gasteiger charge is -2.27. The van der Waals surface area contributed by atoms with Crippen LogP contribution in [0.15, 0.2) is 47.9 Å². The molecule has 9 atom stereocenters. The van der Waals surface area contributed by atoms with Crippen LogP contribution in [-0.4, -0.2) is 84.0 Å². The summed E-state index contributed by atoms with van der Waals surface area (Å²) in [6, 6.07) is 4.97. The molecular formula is C24H27FN6O9P2S2. The Morgan fingerprint density at radius 2 is 1.91 bits per heavy atom. The monoisotopic (exact) mass is 688 g/mol. The number of nitrogens with one attached hydrogen (secondary N) is 1. The number of nitrogen functional groups attached to an aromatic ring is 1. The molecule has 5 N–H and O–H groups in total. The molecule has 0 aromatic carbocycles. The number of ether oxygens (including phenoxy) is 3. The molecule has 2 bridgehead atoms. The predicted molar refractivity (Wildman–Crippen MR) is 161 cm³/mol. The maximum atomic E-state index is 16.0. The van der Waals surface area contributed by atoms with E-state index in [0.717, 1.165) is 0 Å². The molecule has 3 aliphatic rings. The minimum absolute atomic E-state index is 0.162. The Labute approximate surface area is 258 Å². The van der Waals surface area contributed by atoms with Crippen molar-refractivity contribution >= 4 is 64.6 Å². The number of rotatable bonds is 2. The third kappa shape index (κ3) is 5.68. The Balaban J connectivity index is 1.18. The van der Waals surface area contributed by atoms with Gasteiger partial charge in [-0.25, -0.2) is 14.4 Å². The van der Waals surface area contributed by atoms with Crippen LogP contribution in [0.2, 0.25) is 0 Å². The van der Waals surface area contributed by atoms with Crippen molar-refractivity contribution in [1.82, 2.24) is 24.1 Å². The third-order valence-corrected chi connectivity index (χ3v) is 10.9. The number of pyridine rings is 2. The number of hydrogen-bond donors (Lipinski definition) is 4. The van der Waals surface area contributed by atoms with Crippen molar-refractivity contribution in [3.63, 3.8) is 0 Å². The summed E-state index contributed by atoms with van der Waals surface area (Å²) >= 11 is 10.7. The third-order valence-electron chi connectivity index (χ3n) is 7.68. The molecule has 3 saturated heterocycles. The van der Waals surface area contributed by atoms with Crippen LogP contribution in [0.5, 0.6) is 0 Å². The van der Waals surface area contributed by atoms with Crippen LogP contribution in [0.3, 0.4) is 0 Å². The summed E-state index contributed by atoms with van der Waals surface area (Å²) in [7, 11) is 0. The van der Waals surface area contributed by atoms with Crippen molar-refractivity contribution in [2.24, 2.45) is 0 Å². The maximum absolute atomic E-state index is 16.0. The lowest BCUT2D eigenvalue weighted by molar-refractivity contribution is -0.0565. The number of H-pyrrole nitrogens is 1. The molecule has 0 amide bonds. The number of aromatic nitrogens is 5. The minimum atomic E-state index is -3.98. The van der Waals surface area contributed by atoms with Gasteiger partial charge < -0.3 is 57.4 Å². The number of aromatic amines is 1. The van der Waals surface area contributed by atoms with Crippen molar-refractivity contribution in [1.29, 1.82) is 0 Å². The minimum Gasteiger partial charge on any atom is -0.398 e. The van der Waals surface area contributed by atoms with Crippen LogP contribution < -0.4 is 11.3 Å². The topological polar surface area (TPSA) is 190 Å². The number of nitrogens with zero attached hydrogens (tertiary/aromatic N) is 4. The average Bonchev–Trinajstić information content (AvgIpc) is 3.75. The van der Waals surface area contributed by atoms with Gasteiger partial charge in [-0.2, -0.15) is 0 Å². The first-order valence-electron chi connectivity index (χ1n) is 13.4. The molecule has 44 heavy (non-hydrogen) atoms. The predicted octanol–water partition coefficient (Wildman–Crippen LogP) is 2.17. The standard InChI is InChI=1S/C24H27FN6O9P2S2/c25-18-20-17(39-24(18)30-6-3-13-14(26)1-4-27-21(13)30)9-37-42(34,44)40-16-7-12(8-36-41(33,43)11-35-20)38-23(16)31-10-29-19-15(31)2-5-28-22(19)32/h1-6,10,12,16-18,20,23-24H,7-9,11H2,(H2,26,27)(H,28,32)(H,33,43)(H,34,44)/t12-,16+,17+,18-,20+,23+,24+,41?,42?/m0/s1. The van der Waals surface area contributed by atoms with Crippen LogP contribution >= 0.6 is 13.2 Å². The number of anilines is 1. The number of halogens is 1. The van der Waals surface area contributed by atoms with E-state index in [9.17, 15) is 14.6 Å². The van der Waals surface area contributed by atoms with Gasteiger partial charge in [0.05, 0.1) is 31.2 Å². The first-order valence-corrected chi connectivity index (χ1v) is 18.9. The number of nitrogens with two attached hydrogens (primary N) is 1. The molecule has 0 aliphatic carbocycles. The first-order chi connectivity index (χ1) is 21.0. The van der Waals surface area contributed by atoms with Crippen LogP contribution in [0.4, 0.5) is 10.1 Å². The molecule has 236 valence electrons. The molecule has 0 saturated carbocycles. The summed E-state index contributed by atoms with van der Waals surface area (Å²) in [5.74, 6) is 0. The Kier molecular flexibility index (Phi) is 8.01. The highest BCUT2D eigenvalue weighted by Gasteiger charge is 2.49. The molecule has 7 heterocycles. The van der Waals surface area contributed by atoms with E-state index in [2.05, 4.69) is 15.0 Å². The zero-order valence-electron chi connectivity index (χ0n) is 22.6. The summed E-state index contributed by atoms with van der Waals surface area (Å²) in [5.41, 5.74) is 7.14. The molecule has 7 rings (SSSR count). The molecule has 0 spiro atoms. The van der Waals surface area contributed by atoms with E-state index in [1.165, 1.54) is 23.3 Å². The zero-order valence-corrected chi connectivity index (χ0v) is 26.0. The van der Waals surface area contributed by atoms with Crippen LogP contribution in [0.25, 0.3) is 22.1 Å². The summed E-state index contributed by atoms with van der Waals surface area (Å²) in [6.07, 6.45) is -2.16. The van der Waals surface area contributed by atoms with Gasteiger partial charge in [0.1, 0.15) is 30.3 Å². The highest BCUT2D eigenvalue weighted by molar-refractivity contribution is 8.09. The van der Waals surface area contributed by atoms with Gasteiger partial charge in [0.2, 0.25) is 6.49 Å². The fourth-order valence-electron chi connectivity index (χ4n) is 5.66. The SMILES string of the molecule is Nc1ccnc2c1ccn2[C@@H]1O[C@@H]2COP(O)(=S)O[C@@H]3C[C@@H](COP(O)(=S)CO[C@H]2[C@@H]1F)O[C@H]3n1cnc2c(=O)[nH]ccc21. The van der Waals surface area contributed by atoms with Crippen molar-refractivity contribution < 1.29 is 42.0 Å². The summed E-state index contributed by atoms with van der Waals surface area (Å²) < 4.78 is 54.4. The summed E-state index contributed by atoms with van der Waals surface area (Å²) in [5, 5.41) is 0.611. The Morgan fingerprint density at radius 3 is 2.75 bits per heavy atom. The lowest BCUT2D eigenvalue weighted by atomic mass is 10.1. The normalized spacial score (nSPS) is 36.8. The van der Waals surface area contributed by atoms with Crippen molar-refractivity contribution in [2.75, 3.05) is 25.3 Å². The van der Waals surface area contributed by atoms with Gasteiger partial charge in [0.25, 0.3) is 5.56 Å². The van der Waals surface area contributed by atoms with Gasteiger partial charge in [0.15, 0.2) is 24.1 Å². The van der Waals surface area contributed by atoms with Gasteiger partial charge in [-0.1, -0.05) is 0 Å². The second-order valence-corrected chi connectivity index (χ2v) is 16.8. The van der Waals surface area contributed by atoms with Crippen molar-refractivity contribution in [3.05, 3.63) is 53.5 Å². The summed E-state index contributed by atoms with van der Waals surface area (Å²) in [4.78, 5) is 45.3. The molecule has 4 aromatic rings. The van der Waals surface area contributed by atoms with Crippen LogP contribution in [-0.2, 0) is 51.4 Å². The maximum Gasteiger partial charge on any atom is 0.325 e. The van der Waals surface area contributed by atoms with Gasteiger partial charge >= 0.3 is 6.72 Å². The largest absolute Gasteiger partial charge is 0.398 e. The fourth-order valence-corrected chi connectivity index (χ4v) is 8.30. The van der Waals surface area contributed by atoms with Gasteiger partial charge in [-0.05, 0) is 41.8 Å². The van der Waals surface area contributed by atoms with E-state index in [0.29, 0.717) is 22.2 Å². The highest BCUT2D eigenvalue weighted by atomic mass is 32.5. The number of alkyl halides is 1. The molecule has 15 nitrogen and oxygen atoms in total. The molecule has 2 unspecified atom stereocenters. The highest BCUT2D eigenvalue weighted by Crippen LogP contribution is 2.52. The number of hydrogen-bond acceptors (Lipinski definition) is 12. The zero-order chi connectivity index (χ0) is 30.8. The molecule has 3 aliphatic heterocycles. The molecule has 20 heteroatoms. The number of fused-ring (bicyclic) bond motifs is 5. The van der Waals surface area contributed by atoms with Crippen molar-refractivity contribution in [3.8, 4) is 0 Å². The molecule has 4 aromatic heterocycles. The first kappa shape index (κ1) is 30.5.